The Labute approximate surface area is 168 Å². The first-order chi connectivity index (χ1) is 13.5. The number of primary amides is 1. The third-order valence-electron chi connectivity index (χ3n) is 4.28. The van der Waals surface area contributed by atoms with Crippen LogP contribution in [0.25, 0.3) is 0 Å². The van der Waals surface area contributed by atoms with Gasteiger partial charge in [-0.1, -0.05) is 26.0 Å². The van der Waals surface area contributed by atoms with Crippen LogP contribution in [0.4, 0.5) is 0 Å². The van der Waals surface area contributed by atoms with Crippen molar-refractivity contribution in [3.05, 3.63) is 29.8 Å². The second-order valence-corrected chi connectivity index (χ2v) is 7.11. The van der Waals surface area contributed by atoms with E-state index in [4.69, 9.17) is 11.5 Å². The first-order valence-corrected chi connectivity index (χ1v) is 9.16. The van der Waals surface area contributed by atoms with Gasteiger partial charge in [-0.2, -0.15) is 0 Å². The van der Waals surface area contributed by atoms with Crippen molar-refractivity contribution in [2.24, 2.45) is 17.4 Å². The molecular formula is C19H28N4O6. The maximum absolute atomic E-state index is 12.6. The first kappa shape index (κ1) is 23.9. The maximum atomic E-state index is 12.6. The van der Waals surface area contributed by atoms with Crippen LogP contribution < -0.4 is 22.1 Å². The SMILES string of the molecule is CC(C)C(NC(=O)C(N)CCC(N)=O)C(=O)NC(Cc1ccc(O)cc1)C(=O)O. The molecular weight excluding hydrogens is 380 g/mol. The average Bonchev–Trinajstić information content (AvgIpc) is 2.64. The molecule has 0 radical (unpaired) electrons. The summed E-state index contributed by atoms with van der Waals surface area (Å²) < 4.78 is 0. The van der Waals surface area contributed by atoms with Crippen molar-refractivity contribution in [3.8, 4) is 5.75 Å². The maximum Gasteiger partial charge on any atom is 0.326 e. The van der Waals surface area contributed by atoms with E-state index < -0.39 is 41.8 Å². The largest absolute Gasteiger partial charge is 0.508 e. The van der Waals surface area contributed by atoms with Crippen LogP contribution in [0.3, 0.4) is 0 Å². The normalized spacial score (nSPS) is 13.9. The lowest BCUT2D eigenvalue weighted by atomic mass is 10.0. The Kier molecular flexibility index (Phi) is 9.07. The van der Waals surface area contributed by atoms with Crippen molar-refractivity contribution in [3.63, 3.8) is 0 Å². The molecule has 0 saturated carbocycles. The van der Waals surface area contributed by atoms with Crippen molar-refractivity contribution < 1.29 is 29.4 Å². The van der Waals surface area contributed by atoms with Crippen molar-refractivity contribution in [2.45, 2.75) is 51.2 Å². The van der Waals surface area contributed by atoms with Gasteiger partial charge in [0.15, 0.2) is 0 Å². The summed E-state index contributed by atoms with van der Waals surface area (Å²) in [5, 5.41) is 23.7. The summed E-state index contributed by atoms with van der Waals surface area (Å²) in [6.45, 7) is 3.38. The molecule has 1 aromatic carbocycles. The Morgan fingerprint density at radius 2 is 1.62 bits per heavy atom. The van der Waals surface area contributed by atoms with E-state index in [-0.39, 0.29) is 30.9 Å². The smallest absolute Gasteiger partial charge is 0.326 e. The highest BCUT2D eigenvalue weighted by molar-refractivity contribution is 5.92. The first-order valence-electron chi connectivity index (χ1n) is 9.16. The van der Waals surface area contributed by atoms with Gasteiger partial charge in [0.1, 0.15) is 17.8 Å². The number of aliphatic carboxylic acids is 1. The monoisotopic (exact) mass is 408 g/mol. The van der Waals surface area contributed by atoms with Gasteiger partial charge in [0.25, 0.3) is 0 Å². The van der Waals surface area contributed by atoms with Gasteiger partial charge >= 0.3 is 5.97 Å². The van der Waals surface area contributed by atoms with Crippen LogP contribution in [0.5, 0.6) is 5.75 Å². The number of amides is 3. The molecule has 0 fully saturated rings. The van der Waals surface area contributed by atoms with E-state index in [0.717, 1.165) is 0 Å². The van der Waals surface area contributed by atoms with Crippen molar-refractivity contribution in [1.82, 2.24) is 10.6 Å². The highest BCUT2D eigenvalue weighted by Crippen LogP contribution is 2.12. The number of carboxylic acids is 1. The van der Waals surface area contributed by atoms with Gasteiger partial charge in [-0.05, 0) is 30.0 Å². The molecule has 8 N–H and O–H groups in total. The number of aromatic hydroxyl groups is 1. The number of carbonyl (C=O) groups excluding carboxylic acids is 3. The van der Waals surface area contributed by atoms with Gasteiger partial charge in [-0.25, -0.2) is 4.79 Å². The van der Waals surface area contributed by atoms with Crippen LogP contribution in [0, 0.1) is 5.92 Å². The molecule has 160 valence electrons. The molecule has 1 rings (SSSR count). The summed E-state index contributed by atoms with van der Waals surface area (Å²) in [7, 11) is 0. The Bertz CT molecular complexity index is 735. The second kappa shape index (κ2) is 11.0. The van der Waals surface area contributed by atoms with E-state index in [2.05, 4.69) is 10.6 Å². The number of rotatable bonds is 11. The number of carbonyl (C=O) groups is 4. The summed E-state index contributed by atoms with van der Waals surface area (Å²) in [4.78, 5) is 47.2. The Morgan fingerprint density at radius 1 is 1.03 bits per heavy atom. The fraction of sp³-hybridized carbons (Fsp3) is 0.474. The topological polar surface area (TPSA) is 185 Å². The molecule has 0 aliphatic carbocycles. The van der Waals surface area contributed by atoms with Crippen LogP contribution in [-0.4, -0.2) is 52.0 Å². The highest BCUT2D eigenvalue weighted by Gasteiger charge is 2.30. The summed E-state index contributed by atoms with van der Waals surface area (Å²) in [5.41, 5.74) is 11.4. The van der Waals surface area contributed by atoms with E-state index in [1.165, 1.54) is 12.1 Å². The van der Waals surface area contributed by atoms with Gasteiger partial charge in [0, 0.05) is 12.8 Å². The van der Waals surface area contributed by atoms with Gasteiger partial charge < -0.3 is 32.3 Å². The number of hydrogen-bond donors (Lipinski definition) is 6. The molecule has 0 saturated heterocycles. The van der Waals surface area contributed by atoms with Crippen LogP contribution in [0.15, 0.2) is 24.3 Å². The van der Waals surface area contributed by atoms with Gasteiger partial charge in [-0.3, -0.25) is 14.4 Å². The summed E-state index contributed by atoms with van der Waals surface area (Å²) in [6.07, 6.45) is -0.0364. The number of hydrogen-bond acceptors (Lipinski definition) is 6. The lowest BCUT2D eigenvalue weighted by Gasteiger charge is -2.25. The molecule has 0 aliphatic heterocycles. The molecule has 0 aliphatic rings. The standard InChI is InChI=1S/C19H28N4O6/c1-10(2)16(23-17(26)13(20)7-8-15(21)25)18(27)22-14(19(28)29)9-11-3-5-12(24)6-4-11/h3-6,10,13-14,16,24H,7-9,20H2,1-2H3,(H2,21,25)(H,22,27)(H,23,26)(H,28,29). The Morgan fingerprint density at radius 3 is 2.10 bits per heavy atom. The molecule has 0 bridgehead atoms. The van der Waals surface area contributed by atoms with Gasteiger partial charge in [0.05, 0.1) is 6.04 Å². The second-order valence-electron chi connectivity index (χ2n) is 7.11. The molecule has 3 unspecified atom stereocenters. The van der Waals surface area contributed by atoms with Crippen molar-refractivity contribution >= 4 is 23.7 Å². The summed E-state index contributed by atoms with van der Waals surface area (Å²) >= 11 is 0. The zero-order chi connectivity index (χ0) is 22.1. The molecule has 0 spiro atoms. The van der Waals surface area contributed by atoms with Gasteiger partial charge in [-0.15, -0.1) is 0 Å². The predicted octanol–water partition coefficient (Wildman–Crippen LogP) is -0.762. The quantitative estimate of drug-likeness (QED) is 0.278. The molecule has 3 amide bonds. The van der Waals surface area contributed by atoms with E-state index in [1.54, 1.807) is 26.0 Å². The minimum absolute atomic E-state index is 0.00175. The van der Waals surface area contributed by atoms with Crippen LogP contribution in [0.1, 0.15) is 32.3 Å². The number of carboxylic acid groups (broad SMARTS) is 1. The van der Waals surface area contributed by atoms with E-state index in [0.29, 0.717) is 5.56 Å². The van der Waals surface area contributed by atoms with Gasteiger partial charge in [0.2, 0.25) is 17.7 Å². The lowest BCUT2D eigenvalue weighted by molar-refractivity contribution is -0.142. The van der Waals surface area contributed by atoms with Crippen LogP contribution in [0.2, 0.25) is 0 Å². The third kappa shape index (κ3) is 8.18. The van der Waals surface area contributed by atoms with E-state index in [1.807, 2.05) is 0 Å². The molecule has 10 heteroatoms. The molecule has 3 atom stereocenters. The number of phenols is 1. The minimum atomic E-state index is -1.24. The number of phenolic OH excluding ortho intramolecular Hbond substituents is 1. The number of nitrogens with one attached hydrogen (secondary N) is 2. The van der Waals surface area contributed by atoms with Crippen LogP contribution in [-0.2, 0) is 25.6 Å². The molecule has 10 nitrogen and oxygen atoms in total. The zero-order valence-electron chi connectivity index (χ0n) is 16.4. The average molecular weight is 408 g/mol. The molecule has 0 aromatic heterocycles. The molecule has 1 aromatic rings. The van der Waals surface area contributed by atoms with Crippen LogP contribution >= 0.6 is 0 Å². The zero-order valence-corrected chi connectivity index (χ0v) is 16.4. The molecule has 0 heterocycles. The fourth-order valence-corrected chi connectivity index (χ4v) is 2.55. The Hall–Kier alpha value is -3.14. The van der Waals surface area contributed by atoms with Crippen molar-refractivity contribution in [2.75, 3.05) is 0 Å². The van der Waals surface area contributed by atoms with Crippen molar-refractivity contribution in [1.29, 1.82) is 0 Å². The third-order valence-corrected chi connectivity index (χ3v) is 4.28. The fourth-order valence-electron chi connectivity index (χ4n) is 2.55. The molecule has 29 heavy (non-hydrogen) atoms. The number of benzene rings is 1. The van der Waals surface area contributed by atoms with E-state index >= 15 is 0 Å². The lowest BCUT2D eigenvalue weighted by Crippen LogP contribution is -2.56. The highest BCUT2D eigenvalue weighted by atomic mass is 16.4. The van der Waals surface area contributed by atoms with E-state index in [9.17, 15) is 29.4 Å². The Balaban J connectivity index is 2.80. The summed E-state index contributed by atoms with van der Waals surface area (Å²) in [5.74, 6) is -3.43. The number of nitrogens with two attached hydrogens (primary N) is 2. The minimum Gasteiger partial charge on any atom is -0.508 e. The predicted molar refractivity (Wildman–Crippen MR) is 105 cm³/mol. The summed E-state index contributed by atoms with van der Waals surface area (Å²) in [6, 6.07) is 2.68.